The van der Waals surface area contributed by atoms with Gasteiger partial charge in [-0.3, -0.25) is 4.99 Å². The molecule has 0 aliphatic heterocycles. The quantitative estimate of drug-likeness (QED) is 0.222. The van der Waals surface area contributed by atoms with E-state index in [0.29, 0.717) is 0 Å². The third-order valence-corrected chi connectivity index (χ3v) is 3.66. The summed E-state index contributed by atoms with van der Waals surface area (Å²) in [6.45, 7) is 10.3. The zero-order valence-corrected chi connectivity index (χ0v) is 16.0. The molecule has 0 bridgehead atoms. The van der Waals surface area contributed by atoms with Crippen LogP contribution in [0, 0.1) is 6.92 Å². The first-order chi connectivity index (χ1) is 9.76. The molecule has 0 aliphatic carbocycles. The van der Waals surface area contributed by atoms with Crippen molar-refractivity contribution >= 4 is 41.7 Å². The Bertz CT molecular complexity index is 418. The molecule has 1 rings (SSSR count). The Morgan fingerprint density at radius 3 is 2.62 bits per heavy atom. The summed E-state index contributed by atoms with van der Waals surface area (Å²) in [5, 5.41) is 6.41. The van der Waals surface area contributed by atoms with Gasteiger partial charge >= 0.3 is 0 Å². The molecule has 0 saturated carbocycles. The summed E-state index contributed by atoms with van der Waals surface area (Å²) in [7, 11) is 0. The highest BCUT2D eigenvalue weighted by Gasteiger charge is 1.96. The Hall–Kier alpha value is -0.690. The normalized spacial score (nSPS) is 10.7. The molecule has 1 aromatic carbocycles. The van der Waals surface area contributed by atoms with E-state index in [2.05, 4.69) is 60.3 Å². The van der Waals surface area contributed by atoms with Gasteiger partial charge in [0.05, 0.1) is 6.54 Å². The highest BCUT2D eigenvalue weighted by Crippen LogP contribution is 2.12. The van der Waals surface area contributed by atoms with Gasteiger partial charge in [0.1, 0.15) is 0 Å². The Labute approximate surface area is 150 Å². The first-order valence-corrected chi connectivity index (χ1v) is 8.18. The molecule has 0 atom stereocenters. The van der Waals surface area contributed by atoms with Crippen LogP contribution in [0.2, 0.25) is 0 Å². The van der Waals surface area contributed by atoms with Crippen LogP contribution in [0.5, 0.6) is 0 Å². The Morgan fingerprint density at radius 1 is 1.29 bits per heavy atom. The first-order valence-electron chi connectivity index (χ1n) is 7.02. The number of guanidine groups is 1. The maximum absolute atomic E-state index is 4.52. The molecule has 2 N–H and O–H groups in total. The van der Waals surface area contributed by atoms with E-state index in [1.807, 2.05) is 17.8 Å². The first kappa shape index (κ1) is 20.3. The number of rotatable bonds is 8. The highest BCUT2D eigenvalue weighted by molar-refractivity contribution is 14.0. The standard InChI is InChI=1S/C16H25N3S.HI/c1-4-10-18-16(17-5-2)19-11-12-20-13-15-8-6-14(3)7-9-15;/h4,6-9H,1,5,10-13H2,2-3H3,(H2,17,18,19);1H. The monoisotopic (exact) mass is 419 g/mol. The zero-order chi connectivity index (χ0) is 14.6. The number of aryl methyl sites for hydroxylation is 1. The van der Waals surface area contributed by atoms with Crippen LogP contribution in [0.3, 0.4) is 0 Å². The van der Waals surface area contributed by atoms with E-state index in [9.17, 15) is 0 Å². The molecule has 1 aromatic rings. The summed E-state index contributed by atoms with van der Waals surface area (Å²) in [5.74, 6) is 2.94. The maximum atomic E-state index is 4.52. The summed E-state index contributed by atoms with van der Waals surface area (Å²) in [6.07, 6.45) is 1.83. The average molecular weight is 419 g/mol. The van der Waals surface area contributed by atoms with Crippen molar-refractivity contribution in [1.29, 1.82) is 0 Å². The van der Waals surface area contributed by atoms with Crippen LogP contribution < -0.4 is 10.6 Å². The molecule has 0 aliphatic rings. The number of aliphatic imine (C=N–C) groups is 1. The Kier molecular flexibility index (Phi) is 12.6. The number of thioether (sulfide) groups is 1. The minimum Gasteiger partial charge on any atom is -0.357 e. The van der Waals surface area contributed by atoms with E-state index in [1.54, 1.807) is 0 Å². The largest absolute Gasteiger partial charge is 0.357 e. The number of halogens is 1. The summed E-state index contributed by atoms with van der Waals surface area (Å²) in [5.41, 5.74) is 2.69. The molecule has 0 radical (unpaired) electrons. The molecular formula is C16H26IN3S. The molecule has 21 heavy (non-hydrogen) atoms. The Morgan fingerprint density at radius 2 is 2.00 bits per heavy atom. The minimum atomic E-state index is 0. The second-order valence-electron chi connectivity index (χ2n) is 4.47. The van der Waals surface area contributed by atoms with Gasteiger partial charge in [-0.2, -0.15) is 11.8 Å². The van der Waals surface area contributed by atoms with E-state index in [1.165, 1.54) is 11.1 Å². The number of nitrogens with one attached hydrogen (secondary N) is 2. The second-order valence-corrected chi connectivity index (χ2v) is 5.57. The van der Waals surface area contributed by atoms with Gasteiger partial charge in [-0.15, -0.1) is 30.6 Å². The third kappa shape index (κ3) is 9.79. The summed E-state index contributed by atoms with van der Waals surface area (Å²) in [6, 6.07) is 8.72. The molecule has 5 heteroatoms. The molecular weight excluding hydrogens is 393 g/mol. The van der Waals surface area contributed by atoms with Gasteiger partial charge in [0.15, 0.2) is 5.96 Å². The zero-order valence-electron chi connectivity index (χ0n) is 12.9. The predicted molar refractivity (Wildman–Crippen MR) is 107 cm³/mol. The maximum Gasteiger partial charge on any atom is 0.191 e. The van der Waals surface area contributed by atoms with Crippen LogP contribution in [-0.2, 0) is 5.75 Å². The van der Waals surface area contributed by atoms with Gasteiger partial charge in [-0.1, -0.05) is 35.9 Å². The lowest BCUT2D eigenvalue weighted by atomic mass is 10.2. The summed E-state index contributed by atoms with van der Waals surface area (Å²) in [4.78, 5) is 4.52. The van der Waals surface area contributed by atoms with Crippen molar-refractivity contribution in [2.75, 3.05) is 25.4 Å². The van der Waals surface area contributed by atoms with Gasteiger partial charge in [-0.25, -0.2) is 0 Å². The molecule has 0 aromatic heterocycles. The van der Waals surface area contributed by atoms with Crippen molar-refractivity contribution in [3.63, 3.8) is 0 Å². The molecule has 0 spiro atoms. The van der Waals surface area contributed by atoms with E-state index < -0.39 is 0 Å². The fraction of sp³-hybridized carbons (Fsp3) is 0.438. The van der Waals surface area contributed by atoms with E-state index >= 15 is 0 Å². The van der Waals surface area contributed by atoms with Crippen molar-refractivity contribution in [1.82, 2.24) is 10.6 Å². The minimum absolute atomic E-state index is 0. The van der Waals surface area contributed by atoms with Crippen LogP contribution in [0.4, 0.5) is 0 Å². The summed E-state index contributed by atoms with van der Waals surface area (Å²) < 4.78 is 0. The third-order valence-electron chi connectivity index (χ3n) is 2.65. The fourth-order valence-electron chi connectivity index (χ4n) is 1.61. The molecule has 0 amide bonds. The number of benzene rings is 1. The van der Waals surface area contributed by atoms with Crippen molar-refractivity contribution in [3.8, 4) is 0 Å². The molecule has 0 unspecified atom stereocenters. The lowest BCUT2D eigenvalue weighted by Crippen LogP contribution is -2.37. The Balaban J connectivity index is 0.00000400. The number of hydrogen-bond acceptors (Lipinski definition) is 2. The van der Waals surface area contributed by atoms with Gasteiger partial charge < -0.3 is 10.6 Å². The SMILES string of the molecule is C=CCNC(=NCCSCc1ccc(C)cc1)NCC.I. The van der Waals surface area contributed by atoms with Crippen LogP contribution in [0.1, 0.15) is 18.1 Å². The second kappa shape index (κ2) is 13.0. The number of hydrogen-bond donors (Lipinski definition) is 2. The van der Waals surface area contributed by atoms with Crippen LogP contribution >= 0.6 is 35.7 Å². The summed E-state index contributed by atoms with van der Waals surface area (Å²) >= 11 is 1.91. The van der Waals surface area contributed by atoms with Gasteiger partial charge in [-0.05, 0) is 19.4 Å². The van der Waals surface area contributed by atoms with Crippen molar-refractivity contribution < 1.29 is 0 Å². The van der Waals surface area contributed by atoms with Crippen molar-refractivity contribution in [2.45, 2.75) is 19.6 Å². The topological polar surface area (TPSA) is 36.4 Å². The lowest BCUT2D eigenvalue weighted by Gasteiger charge is -2.09. The lowest BCUT2D eigenvalue weighted by molar-refractivity contribution is 0.868. The molecule has 0 saturated heterocycles. The highest BCUT2D eigenvalue weighted by atomic mass is 127. The van der Waals surface area contributed by atoms with E-state index in [-0.39, 0.29) is 24.0 Å². The molecule has 0 fully saturated rings. The van der Waals surface area contributed by atoms with Crippen LogP contribution in [0.25, 0.3) is 0 Å². The van der Waals surface area contributed by atoms with Crippen LogP contribution in [-0.4, -0.2) is 31.3 Å². The van der Waals surface area contributed by atoms with Gasteiger partial charge in [0.2, 0.25) is 0 Å². The van der Waals surface area contributed by atoms with Crippen molar-refractivity contribution in [2.24, 2.45) is 4.99 Å². The van der Waals surface area contributed by atoms with Gasteiger partial charge in [0.25, 0.3) is 0 Å². The number of nitrogens with zero attached hydrogens (tertiary/aromatic N) is 1. The van der Waals surface area contributed by atoms with Crippen molar-refractivity contribution in [3.05, 3.63) is 48.0 Å². The smallest absolute Gasteiger partial charge is 0.191 e. The fourth-order valence-corrected chi connectivity index (χ4v) is 2.40. The molecule has 118 valence electrons. The predicted octanol–water partition coefficient (Wildman–Crippen LogP) is 3.59. The average Bonchev–Trinajstić information content (AvgIpc) is 2.46. The van der Waals surface area contributed by atoms with E-state index in [0.717, 1.165) is 37.1 Å². The molecule has 0 heterocycles. The molecule has 3 nitrogen and oxygen atoms in total. The van der Waals surface area contributed by atoms with Gasteiger partial charge in [0, 0.05) is 24.6 Å². The van der Waals surface area contributed by atoms with Crippen LogP contribution in [0.15, 0.2) is 41.9 Å². The van der Waals surface area contributed by atoms with E-state index in [4.69, 9.17) is 0 Å².